The largest absolute Gasteiger partial charge is 0.347 e. The van der Waals surface area contributed by atoms with Gasteiger partial charge in [0.2, 0.25) is 0 Å². The molecule has 0 amide bonds. The van der Waals surface area contributed by atoms with Crippen molar-refractivity contribution < 1.29 is 0 Å². The van der Waals surface area contributed by atoms with Crippen LogP contribution in [0.25, 0.3) is 0 Å². The van der Waals surface area contributed by atoms with E-state index in [1.807, 2.05) is 0 Å². The van der Waals surface area contributed by atoms with Gasteiger partial charge in [-0.15, -0.1) is 0 Å². The average molecular weight is 285 g/mol. The first-order chi connectivity index (χ1) is 10.1. The smallest absolute Gasteiger partial charge is 0.308 e. The summed E-state index contributed by atoms with van der Waals surface area (Å²) in [4.78, 5) is 15.7. The van der Waals surface area contributed by atoms with Gasteiger partial charge >= 0.3 is 5.69 Å². The van der Waals surface area contributed by atoms with Crippen molar-refractivity contribution in [2.45, 2.75) is 39.8 Å². The van der Waals surface area contributed by atoms with E-state index in [-0.39, 0.29) is 11.7 Å². The third-order valence-electron chi connectivity index (χ3n) is 3.61. The topological polar surface area (TPSA) is 46.9 Å². The van der Waals surface area contributed by atoms with Gasteiger partial charge in [-0.2, -0.15) is 0 Å². The maximum Gasteiger partial charge on any atom is 0.347 e. The first-order valence-electron chi connectivity index (χ1n) is 7.43. The molecule has 4 nitrogen and oxygen atoms in total. The second kappa shape index (κ2) is 7.18. The fourth-order valence-electron chi connectivity index (χ4n) is 2.45. The number of nitrogens with zero attached hydrogens (tertiary/aromatic N) is 2. The van der Waals surface area contributed by atoms with Crippen LogP contribution < -0.4 is 11.0 Å². The Bertz CT molecular complexity index is 648. The molecule has 2 aromatic rings. The van der Waals surface area contributed by atoms with E-state index in [0.29, 0.717) is 6.54 Å². The van der Waals surface area contributed by atoms with Crippen molar-refractivity contribution >= 4 is 0 Å². The van der Waals surface area contributed by atoms with Crippen LogP contribution >= 0.6 is 0 Å². The van der Waals surface area contributed by atoms with Gasteiger partial charge < -0.3 is 5.32 Å². The summed E-state index contributed by atoms with van der Waals surface area (Å²) >= 11 is 0. The number of rotatable bonds is 6. The SMILES string of the molecule is CCCNC(Cn1cccnc1=O)c1cc(C)ccc1C. The van der Waals surface area contributed by atoms with Gasteiger partial charge in [0.05, 0.1) is 6.04 Å². The maximum atomic E-state index is 11.8. The lowest BCUT2D eigenvalue weighted by Gasteiger charge is -2.22. The van der Waals surface area contributed by atoms with E-state index >= 15 is 0 Å². The molecule has 1 N–H and O–H groups in total. The van der Waals surface area contributed by atoms with Gasteiger partial charge in [-0.25, -0.2) is 9.78 Å². The predicted octanol–water partition coefficient (Wildman–Crippen LogP) is 2.60. The average Bonchev–Trinajstić information content (AvgIpc) is 2.48. The molecule has 1 aromatic heterocycles. The molecule has 1 atom stereocenters. The number of nitrogens with one attached hydrogen (secondary N) is 1. The third kappa shape index (κ3) is 4.02. The fourth-order valence-corrected chi connectivity index (χ4v) is 2.45. The molecule has 2 rings (SSSR count). The van der Waals surface area contributed by atoms with Crippen LogP contribution in [0.15, 0.2) is 41.5 Å². The van der Waals surface area contributed by atoms with Crippen molar-refractivity contribution in [3.8, 4) is 0 Å². The maximum absolute atomic E-state index is 11.8. The number of hydrogen-bond donors (Lipinski definition) is 1. The van der Waals surface area contributed by atoms with Crippen molar-refractivity contribution in [1.82, 2.24) is 14.9 Å². The first kappa shape index (κ1) is 15.4. The molecule has 1 heterocycles. The van der Waals surface area contributed by atoms with Gasteiger partial charge in [-0.3, -0.25) is 4.57 Å². The summed E-state index contributed by atoms with van der Waals surface area (Å²) in [6, 6.07) is 8.36. The van der Waals surface area contributed by atoms with Crippen LogP contribution in [-0.2, 0) is 6.54 Å². The molecule has 0 bridgehead atoms. The summed E-state index contributed by atoms with van der Waals surface area (Å²) in [6.07, 6.45) is 4.38. The molecule has 0 aliphatic rings. The minimum Gasteiger partial charge on any atom is -0.308 e. The van der Waals surface area contributed by atoms with Crippen LogP contribution in [0.2, 0.25) is 0 Å². The number of benzene rings is 1. The van der Waals surface area contributed by atoms with Gasteiger partial charge in [0.1, 0.15) is 0 Å². The molecule has 0 aliphatic heterocycles. The quantitative estimate of drug-likeness (QED) is 0.887. The molecule has 4 heteroatoms. The Labute approximate surface area is 125 Å². The van der Waals surface area contributed by atoms with Gasteiger partial charge in [0.15, 0.2) is 0 Å². The Hall–Kier alpha value is -1.94. The van der Waals surface area contributed by atoms with Gasteiger partial charge in [0, 0.05) is 18.9 Å². The highest BCUT2D eigenvalue weighted by molar-refractivity contribution is 5.33. The molecular formula is C17H23N3O. The predicted molar refractivity (Wildman–Crippen MR) is 85.4 cm³/mol. The number of hydrogen-bond acceptors (Lipinski definition) is 3. The molecule has 0 radical (unpaired) electrons. The standard InChI is InChI=1S/C17H23N3O/c1-4-8-18-16(12-20-10-5-9-19-17(20)21)15-11-13(2)6-7-14(15)3/h5-7,9-11,16,18H,4,8,12H2,1-3H3. The normalized spacial score (nSPS) is 12.3. The zero-order chi connectivity index (χ0) is 15.2. The minimum atomic E-state index is -0.203. The molecular weight excluding hydrogens is 262 g/mol. The van der Waals surface area contributed by atoms with E-state index in [2.05, 4.69) is 49.3 Å². The molecule has 0 aliphatic carbocycles. The van der Waals surface area contributed by atoms with Crippen LogP contribution in [0, 0.1) is 13.8 Å². The Morgan fingerprint density at radius 2 is 2.14 bits per heavy atom. The van der Waals surface area contributed by atoms with E-state index in [1.165, 1.54) is 22.9 Å². The summed E-state index contributed by atoms with van der Waals surface area (Å²) in [6.45, 7) is 7.87. The molecule has 0 fully saturated rings. The Kier molecular flexibility index (Phi) is 5.28. The monoisotopic (exact) mass is 285 g/mol. The highest BCUT2D eigenvalue weighted by Gasteiger charge is 2.14. The van der Waals surface area contributed by atoms with Crippen molar-refractivity contribution in [3.63, 3.8) is 0 Å². The van der Waals surface area contributed by atoms with Crippen LogP contribution in [0.3, 0.4) is 0 Å². The molecule has 1 unspecified atom stereocenters. The van der Waals surface area contributed by atoms with Crippen molar-refractivity contribution in [3.05, 3.63) is 63.8 Å². The highest BCUT2D eigenvalue weighted by atomic mass is 16.1. The summed E-state index contributed by atoms with van der Waals surface area (Å²) in [5.41, 5.74) is 3.52. The Morgan fingerprint density at radius 1 is 1.33 bits per heavy atom. The van der Waals surface area contributed by atoms with E-state index < -0.39 is 0 Å². The number of aromatic nitrogens is 2. The minimum absolute atomic E-state index is 0.117. The third-order valence-corrected chi connectivity index (χ3v) is 3.61. The van der Waals surface area contributed by atoms with E-state index in [9.17, 15) is 4.79 Å². The van der Waals surface area contributed by atoms with Gasteiger partial charge in [-0.05, 0) is 44.0 Å². The summed E-state index contributed by atoms with van der Waals surface area (Å²) < 4.78 is 1.66. The fraction of sp³-hybridized carbons (Fsp3) is 0.412. The molecule has 21 heavy (non-hydrogen) atoms. The van der Waals surface area contributed by atoms with E-state index in [0.717, 1.165) is 13.0 Å². The molecule has 1 aromatic carbocycles. The van der Waals surface area contributed by atoms with Gasteiger partial charge in [-0.1, -0.05) is 30.7 Å². The lowest BCUT2D eigenvalue weighted by atomic mass is 9.98. The number of aryl methyl sites for hydroxylation is 2. The van der Waals surface area contributed by atoms with E-state index in [1.54, 1.807) is 16.8 Å². The molecule has 0 saturated heterocycles. The first-order valence-corrected chi connectivity index (χ1v) is 7.43. The Morgan fingerprint density at radius 3 is 2.86 bits per heavy atom. The lowest BCUT2D eigenvalue weighted by Crippen LogP contribution is -2.32. The molecule has 0 saturated carbocycles. The zero-order valence-corrected chi connectivity index (χ0v) is 13.0. The lowest BCUT2D eigenvalue weighted by molar-refractivity contribution is 0.450. The van der Waals surface area contributed by atoms with Crippen LogP contribution in [0.4, 0.5) is 0 Å². The van der Waals surface area contributed by atoms with Gasteiger partial charge in [0.25, 0.3) is 0 Å². The zero-order valence-electron chi connectivity index (χ0n) is 13.0. The van der Waals surface area contributed by atoms with Crippen molar-refractivity contribution in [2.24, 2.45) is 0 Å². The highest BCUT2D eigenvalue weighted by Crippen LogP contribution is 2.20. The van der Waals surface area contributed by atoms with E-state index in [4.69, 9.17) is 0 Å². The van der Waals surface area contributed by atoms with Crippen molar-refractivity contribution in [2.75, 3.05) is 6.54 Å². The van der Waals surface area contributed by atoms with Crippen LogP contribution in [0.5, 0.6) is 0 Å². The van der Waals surface area contributed by atoms with Crippen LogP contribution in [0.1, 0.15) is 36.1 Å². The van der Waals surface area contributed by atoms with Crippen LogP contribution in [-0.4, -0.2) is 16.1 Å². The Balaban J connectivity index is 2.32. The molecule has 0 spiro atoms. The second-order valence-corrected chi connectivity index (χ2v) is 5.42. The second-order valence-electron chi connectivity index (χ2n) is 5.42. The molecule has 112 valence electrons. The summed E-state index contributed by atoms with van der Waals surface area (Å²) in [5.74, 6) is 0. The summed E-state index contributed by atoms with van der Waals surface area (Å²) in [7, 11) is 0. The summed E-state index contributed by atoms with van der Waals surface area (Å²) in [5, 5.41) is 3.54. The van der Waals surface area contributed by atoms with Crippen molar-refractivity contribution in [1.29, 1.82) is 0 Å².